The monoisotopic (exact) mass is 428 g/mol. The van der Waals surface area contributed by atoms with Gasteiger partial charge < -0.3 is 0 Å². The molecule has 0 aliphatic heterocycles. The van der Waals surface area contributed by atoms with Gasteiger partial charge in [-0.3, -0.25) is 0 Å². The molecule has 0 saturated carbocycles. The summed E-state index contributed by atoms with van der Waals surface area (Å²) in [7, 11) is 0. The second-order valence-electron chi connectivity index (χ2n) is 6.80. The molecule has 0 aliphatic carbocycles. The predicted molar refractivity (Wildman–Crippen MR) is 153 cm³/mol. The summed E-state index contributed by atoms with van der Waals surface area (Å²) in [4.78, 5) is 0. The molecule has 0 amide bonds. The predicted octanol–water partition coefficient (Wildman–Crippen LogP) is 9.65. The lowest BCUT2D eigenvalue weighted by Crippen LogP contribution is -2.25. The van der Waals surface area contributed by atoms with Gasteiger partial charge in [-0.1, -0.05) is 153 Å². The zero-order chi connectivity index (χ0) is 24.5. The lowest BCUT2D eigenvalue weighted by molar-refractivity contribution is 1.23. The van der Waals surface area contributed by atoms with Gasteiger partial charge in [0.25, 0.3) is 0 Å². The first-order chi connectivity index (χ1) is 15.8. The van der Waals surface area contributed by atoms with E-state index in [2.05, 4.69) is 92.5 Å². The Hall–Kier alpha value is -2.54. The van der Waals surface area contributed by atoms with E-state index in [1.807, 2.05) is 55.4 Å². The highest BCUT2D eigenvalue weighted by Gasteiger charge is 2.16. The van der Waals surface area contributed by atoms with Crippen LogP contribution in [0.2, 0.25) is 13.6 Å². The molecule has 0 saturated heterocycles. The van der Waals surface area contributed by atoms with Crippen LogP contribution < -0.4 is 5.46 Å². The van der Waals surface area contributed by atoms with E-state index in [0.29, 0.717) is 6.71 Å². The Bertz CT molecular complexity index is 944. The molecular weight excluding hydrogens is 383 g/mol. The van der Waals surface area contributed by atoms with Crippen LogP contribution in [0.15, 0.2) is 78.9 Å². The summed E-state index contributed by atoms with van der Waals surface area (Å²) in [5.41, 5.74) is 4.28. The number of hydrogen-bond donors (Lipinski definition) is 0. The molecule has 0 unspecified atom stereocenters. The number of benzene rings is 4. The second-order valence-corrected chi connectivity index (χ2v) is 6.80. The highest BCUT2D eigenvalue weighted by Crippen LogP contribution is 2.29. The van der Waals surface area contributed by atoms with Crippen molar-refractivity contribution in [3.63, 3.8) is 0 Å². The fraction of sp³-hybridized carbons (Fsp3) is 0.355. The zero-order valence-electron chi connectivity index (χ0n) is 22.3. The van der Waals surface area contributed by atoms with Crippen molar-refractivity contribution in [3.05, 3.63) is 90.0 Å². The van der Waals surface area contributed by atoms with Gasteiger partial charge in [-0.25, -0.2) is 0 Å². The highest BCUT2D eigenvalue weighted by molar-refractivity contribution is 6.76. The Kier molecular flexibility index (Phi) is 15.7. The fourth-order valence-corrected chi connectivity index (χ4v) is 3.86. The molecule has 1 heteroatoms. The Morgan fingerprint density at radius 2 is 0.812 bits per heavy atom. The molecule has 4 aromatic carbocycles. The maximum Gasteiger partial charge on any atom is 0.171 e. The molecule has 32 heavy (non-hydrogen) atoms. The third-order valence-electron chi connectivity index (χ3n) is 4.89. The summed E-state index contributed by atoms with van der Waals surface area (Å²) in [6.45, 7) is 21.1. The molecule has 172 valence electrons. The van der Waals surface area contributed by atoms with Crippen LogP contribution in [0.5, 0.6) is 0 Å². The summed E-state index contributed by atoms with van der Waals surface area (Å²) >= 11 is 0. The first-order valence-corrected chi connectivity index (χ1v) is 12.7. The molecule has 0 nitrogen and oxygen atoms in total. The summed E-state index contributed by atoms with van der Waals surface area (Å²) in [5, 5.41) is 5.58. The molecule has 4 aromatic rings. The van der Waals surface area contributed by atoms with Crippen molar-refractivity contribution in [1.29, 1.82) is 0 Å². The minimum atomic E-state index is 0.505. The number of fused-ring (bicyclic) bond motifs is 2. The van der Waals surface area contributed by atoms with Crippen LogP contribution in [0.25, 0.3) is 21.5 Å². The van der Waals surface area contributed by atoms with Gasteiger partial charge in [-0.05, 0) is 39.1 Å². The van der Waals surface area contributed by atoms with Crippen molar-refractivity contribution in [2.24, 2.45) is 0 Å². The van der Waals surface area contributed by atoms with Crippen LogP contribution in [-0.2, 0) is 6.42 Å². The second kappa shape index (κ2) is 17.1. The van der Waals surface area contributed by atoms with Gasteiger partial charge in [-0.15, -0.1) is 0 Å². The van der Waals surface area contributed by atoms with E-state index < -0.39 is 0 Å². The van der Waals surface area contributed by atoms with Gasteiger partial charge in [0.05, 0.1) is 0 Å². The summed E-state index contributed by atoms with van der Waals surface area (Å²) in [5.74, 6) is 0. The SMILES string of the molecule is CB(C)c1c2ccccc2c(Cc2ccccc2)c2ccccc12.CC.CC.CC.CC. The molecule has 0 spiro atoms. The van der Waals surface area contributed by atoms with E-state index in [1.54, 1.807) is 0 Å². The van der Waals surface area contributed by atoms with Crippen LogP contribution in [0.3, 0.4) is 0 Å². The van der Waals surface area contributed by atoms with E-state index in [-0.39, 0.29) is 0 Å². The minimum absolute atomic E-state index is 0.505. The van der Waals surface area contributed by atoms with Crippen molar-refractivity contribution in [2.75, 3.05) is 0 Å². The Balaban J connectivity index is 0.00000109. The third kappa shape index (κ3) is 7.26. The van der Waals surface area contributed by atoms with Crippen molar-refractivity contribution < 1.29 is 0 Å². The van der Waals surface area contributed by atoms with Crippen LogP contribution in [0, 0.1) is 0 Å². The molecule has 0 aromatic heterocycles. The normalized spacial score (nSPS) is 9.06. The van der Waals surface area contributed by atoms with Crippen molar-refractivity contribution >= 4 is 33.7 Å². The molecule has 4 rings (SSSR count). The Morgan fingerprint density at radius 3 is 1.19 bits per heavy atom. The first kappa shape index (κ1) is 29.5. The largest absolute Gasteiger partial charge is 0.171 e. The van der Waals surface area contributed by atoms with Crippen LogP contribution in [-0.4, -0.2) is 6.71 Å². The number of rotatable bonds is 3. The molecule has 0 fully saturated rings. The van der Waals surface area contributed by atoms with Gasteiger partial charge in [0, 0.05) is 0 Å². The lowest BCUT2D eigenvalue weighted by atomic mass is 9.47. The molecule has 0 N–H and O–H groups in total. The van der Waals surface area contributed by atoms with E-state index in [4.69, 9.17) is 0 Å². The zero-order valence-corrected chi connectivity index (χ0v) is 22.3. The van der Waals surface area contributed by atoms with Gasteiger partial charge in [-0.2, -0.15) is 0 Å². The molecule has 0 bridgehead atoms. The van der Waals surface area contributed by atoms with Crippen LogP contribution >= 0.6 is 0 Å². The van der Waals surface area contributed by atoms with E-state index in [1.165, 1.54) is 38.1 Å². The topological polar surface area (TPSA) is 0 Å². The summed E-state index contributed by atoms with van der Waals surface area (Å²) in [6.07, 6.45) is 0.972. The van der Waals surface area contributed by atoms with Crippen molar-refractivity contribution in [3.8, 4) is 0 Å². The standard InChI is InChI=1S/C23H21B.4C2H6/c1-24(2)23-20-14-8-6-12-18(20)22(16-17-10-4-3-5-11-17)19-13-7-9-15-21(19)23;4*1-2/h3-15H,16H2,1-2H3;4*1-2H3. The quantitative estimate of drug-likeness (QED) is 0.225. The van der Waals surface area contributed by atoms with Crippen molar-refractivity contribution in [1.82, 2.24) is 0 Å². The van der Waals surface area contributed by atoms with Crippen LogP contribution in [0.1, 0.15) is 66.5 Å². The molecule has 0 radical (unpaired) electrons. The molecule has 0 aliphatic rings. The van der Waals surface area contributed by atoms with E-state index in [0.717, 1.165) is 6.42 Å². The average Bonchev–Trinajstić information content (AvgIpc) is 2.89. The van der Waals surface area contributed by atoms with Gasteiger partial charge >= 0.3 is 0 Å². The first-order valence-electron chi connectivity index (χ1n) is 12.7. The molecule has 0 atom stereocenters. The summed E-state index contributed by atoms with van der Waals surface area (Å²) in [6, 6.07) is 28.6. The maximum atomic E-state index is 2.30. The number of hydrogen-bond acceptors (Lipinski definition) is 0. The fourth-order valence-electron chi connectivity index (χ4n) is 3.86. The smallest absolute Gasteiger partial charge is 0.0819 e. The molecule has 0 heterocycles. The minimum Gasteiger partial charge on any atom is -0.0819 e. The summed E-state index contributed by atoms with van der Waals surface area (Å²) < 4.78 is 0. The lowest BCUT2D eigenvalue weighted by Gasteiger charge is -2.18. The van der Waals surface area contributed by atoms with Crippen LogP contribution in [0.4, 0.5) is 0 Å². The van der Waals surface area contributed by atoms with E-state index >= 15 is 0 Å². The third-order valence-corrected chi connectivity index (χ3v) is 4.89. The Morgan fingerprint density at radius 1 is 0.469 bits per heavy atom. The van der Waals surface area contributed by atoms with Gasteiger partial charge in [0.15, 0.2) is 6.71 Å². The average molecular weight is 429 g/mol. The molecular formula is C31H45B. The van der Waals surface area contributed by atoms with Crippen molar-refractivity contribution in [2.45, 2.75) is 75.5 Å². The highest BCUT2D eigenvalue weighted by atomic mass is 14.1. The van der Waals surface area contributed by atoms with Gasteiger partial charge in [0.2, 0.25) is 0 Å². The van der Waals surface area contributed by atoms with Gasteiger partial charge in [0.1, 0.15) is 0 Å². The Labute approximate surface area is 199 Å². The van der Waals surface area contributed by atoms with E-state index in [9.17, 15) is 0 Å². The maximum absolute atomic E-state index is 2.30.